The van der Waals surface area contributed by atoms with Crippen LogP contribution in [0, 0.1) is 13.8 Å². The van der Waals surface area contributed by atoms with Gasteiger partial charge >= 0.3 is 0 Å². The summed E-state index contributed by atoms with van der Waals surface area (Å²) in [7, 11) is -3.71. The van der Waals surface area contributed by atoms with Gasteiger partial charge in [0.15, 0.2) is 10.7 Å². The van der Waals surface area contributed by atoms with E-state index in [1.54, 1.807) is 38.1 Å². The molecule has 0 bridgehead atoms. The number of rotatable bonds is 5. The van der Waals surface area contributed by atoms with Crippen LogP contribution < -0.4 is 10.0 Å². The van der Waals surface area contributed by atoms with Crippen LogP contribution in [0.1, 0.15) is 24.8 Å². The van der Waals surface area contributed by atoms with Crippen LogP contribution in [0.25, 0.3) is 0 Å². The van der Waals surface area contributed by atoms with Gasteiger partial charge in [-0.15, -0.1) is 0 Å². The number of nitrogens with zero attached hydrogens (tertiary/aromatic N) is 2. The molecule has 0 fully saturated rings. The van der Waals surface area contributed by atoms with Crippen LogP contribution in [0.2, 0.25) is 0 Å². The summed E-state index contributed by atoms with van der Waals surface area (Å²) in [6.07, 6.45) is 0.687. The topological polar surface area (TPSA) is 89.4 Å². The predicted molar refractivity (Wildman–Crippen MR) is 81.7 cm³/mol. The largest absolute Gasteiger partial charge is 0.399 e. The molecule has 0 saturated carbocycles. The second-order valence-corrected chi connectivity index (χ2v) is 6.62. The minimum atomic E-state index is -3.71. The number of anilines is 2. The van der Waals surface area contributed by atoms with E-state index in [-0.39, 0.29) is 4.90 Å². The van der Waals surface area contributed by atoms with Gasteiger partial charge in [-0.3, -0.25) is 4.31 Å². The molecule has 0 spiro atoms. The van der Waals surface area contributed by atoms with Gasteiger partial charge in [-0.05, 0) is 44.5 Å². The van der Waals surface area contributed by atoms with E-state index in [2.05, 4.69) is 5.16 Å². The monoisotopic (exact) mass is 309 g/mol. The Morgan fingerprint density at radius 1 is 1.24 bits per heavy atom. The molecule has 0 saturated heterocycles. The molecule has 1 aromatic carbocycles. The molecule has 0 aliphatic heterocycles. The molecule has 2 aromatic rings. The van der Waals surface area contributed by atoms with E-state index in [9.17, 15) is 8.42 Å². The van der Waals surface area contributed by atoms with Gasteiger partial charge in [-0.25, -0.2) is 8.42 Å². The molecule has 6 nitrogen and oxygen atoms in total. The summed E-state index contributed by atoms with van der Waals surface area (Å²) in [5, 5.41) is 3.73. The van der Waals surface area contributed by atoms with Crippen molar-refractivity contribution in [2.75, 3.05) is 16.6 Å². The number of hydrogen-bond donors (Lipinski definition) is 1. The van der Waals surface area contributed by atoms with E-state index < -0.39 is 10.0 Å². The Bertz CT molecular complexity index is 701. The number of sulfonamides is 1. The Kier molecular flexibility index (Phi) is 4.22. The zero-order valence-corrected chi connectivity index (χ0v) is 13.1. The van der Waals surface area contributed by atoms with Crippen LogP contribution in [0.15, 0.2) is 33.7 Å². The molecule has 1 aromatic heterocycles. The van der Waals surface area contributed by atoms with Crippen molar-refractivity contribution in [3.63, 3.8) is 0 Å². The molecule has 7 heteroatoms. The Hall–Kier alpha value is -2.02. The smallest absolute Gasteiger partial charge is 0.269 e. The van der Waals surface area contributed by atoms with Crippen molar-refractivity contribution in [3.8, 4) is 0 Å². The van der Waals surface area contributed by atoms with E-state index >= 15 is 0 Å². The summed E-state index contributed by atoms with van der Waals surface area (Å²) >= 11 is 0. The average molecular weight is 309 g/mol. The van der Waals surface area contributed by atoms with Crippen LogP contribution in [0.4, 0.5) is 11.4 Å². The second-order valence-electron chi connectivity index (χ2n) is 4.82. The maximum Gasteiger partial charge on any atom is 0.269 e. The molecule has 0 amide bonds. The summed E-state index contributed by atoms with van der Waals surface area (Å²) < 4.78 is 32.2. The molecular formula is C14H19N3O3S. The fourth-order valence-electron chi connectivity index (χ4n) is 2.18. The van der Waals surface area contributed by atoms with Gasteiger partial charge in [0.1, 0.15) is 5.69 Å². The van der Waals surface area contributed by atoms with Crippen LogP contribution >= 0.6 is 0 Å². The fourth-order valence-corrected chi connectivity index (χ4v) is 4.04. The van der Waals surface area contributed by atoms with E-state index in [1.807, 2.05) is 6.92 Å². The highest BCUT2D eigenvalue weighted by molar-refractivity contribution is 7.93. The first kappa shape index (κ1) is 15.4. The van der Waals surface area contributed by atoms with Crippen molar-refractivity contribution in [2.24, 2.45) is 0 Å². The van der Waals surface area contributed by atoms with Gasteiger partial charge in [-0.2, -0.15) is 0 Å². The molecule has 0 aliphatic carbocycles. The summed E-state index contributed by atoms with van der Waals surface area (Å²) in [4.78, 5) is 0.132. The van der Waals surface area contributed by atoms with E-state index in [4.69, 9.17) is 10.3 Å². The lowest BCUT2D eigenvalue weighted by Crippen LogP contribution is -2.32. The molecule has 0 atom stereocenters. The highest BCUT2D eigenvalue weighted by Crippen LogP contribution is 2.28. The number of benzene rings is 1. The third kappa shape index (κ3) is 2.87. The predicted octanol–water partition coefficient (Wildman–Crippen LogP) is 2.48. The SMILES string of the molecule is CCCN(c1ccc(N)cc1)S(=O)(=O)c1c(C)noc1C. The van der Waals surface area contributed by atoms with Crippen molar-refractivity contribution in [2.45, 2.75) is 32.1 Å². The van der Waals surface area contributed by atoms with Crippen LogP contribution in [-0.4, -0.2) is 20.1 Å². The minimum Gasteiger partial charge on any atom is -0.399 e. The lowest BCUT2D eigenvalue weighted by Gasteiger charge is -2.23. The Labute approximate surface area is 124 Å². The Morgan fingerprint density at radius 3 is 2.33 bits per heavy atom. The van der Waals surface area contributed by atoms with Crippen molar-refractivity contribution in [1.82, 2.24) is 5.16 Å². The molecular weight excluding hydrogens is 290 g/mol. The average Bonchev–Trinajstić information content (AvgIpc) is 2.77. The van der Waals surface area contributed by atoms with Crippen LogP contribution in [0.5, 0.6) is 0 Å². The van der Waals surface area contributed by atoms with E-state index in [0.717, 1.165) is 0 Å². The number of aryl methyl sites for hydroxylation is 2. The number of hydrogen-bond acceptors (Lipinski definition) is 5. The van der Waals surface area contributed by atoms with Gasteiger partial charge in [-0.1, -0.05) is 12.1 Å². The zero-order valence-electron chi connectivity index (χ0n) is 12.3. The first-order chi connectivity index (χ1) is 9.87. The highest BCUT2D eigenvalue weighted by Gasteiger charge is 2.30. The third-order valence-corrected chi connectivity index (χ3v) is 5.20. The molecule has 114 valence electrons. The summed E-state index contributed by atoms with van der Waals surface area (Å²) in [5.74, 6) is 0.295. The summed E-state index contributed by atoms with van der Waals surface area (Å²) in [5.41, 5.74) is 7.19. The molecule has 0 unspecified atom stereocenters. The van der Waals surface area contributed by atoms with Gasteiger partial charge < -0.3 is 10.3 Å². The summed E-state index contributed by atoms with van der Waals surface area (Å²) in [6, 6.07) is 6.75. The molecule has 0 aliphatic rings. The van der Waals surface area contributed by atoms with E-state index in [0.29, 0.717) is 35.8 Å². The van der Waals surface area contributed by atoms with Crippen LogP contribution in [-0.2, 0) is 10.0 Å². The van der Waals surface area contributed by atoms with Gasteiger partial charge in [0.05, 0.1) is 5.69 Å². The normalized spacial score (nSPS) is 11.6. The second kappa shape index (κ2) is 5.77. The molecule has 2 N–H and O–H groups in total. The fraction of sp³-hybridized carbons (Fsp3) is 0.357. The van der Waals surface area contributed by atoms with Gasteiger partial charge in [0.2, 0.25) is 0 Å². The Balaban J connectivity index is 2.54. The third-order valence-electron chi connectivity index (χ3n) is 3.12. The van der Waals surface area contributed by atoms with Crippen molar-refractivity contribution >= 4 is 21.4 Å². The zero-order chi connectivity index (χ0) is 15.6. The van der Waals surface area contributed by atoms with Gasteiger partial charge in [0.25, 0.3) is 10.0 Å². The molecule has 21 heavy (non-hydrogen) atoms. The number of nitrogens with two attached hydrogens (primary N) is 1. The summed E-state index contributed by atoms with van der Waals surface area (Å²) in [6.45, 7) is 5.51. The van der Waals surface area contributed by atoms with Crippen molar-refractivity contribution in [3.05, 3.63) is 35.7 Å². The van der Waals surface area contributed by atoms with Crippen LogP contribution in [0.3, 0.4) is 0 Å². The van der Waals surface area contributed by atoms with E-state index in [1.165, 1.54) is 4.31 Å². The lowest BCUT2D eigenvalue weighted by molar-refractivity contribution is 0.390. The Morgan fingerprint density at radius 2 is 1.86 bits per heavy atom. The maximum absolute atomic E-state index is 12.9. The van der Waals surface area contributed by atoms with Gasteiger partial charge in [0, 0.05) is 12.2 Å². The molecule has 1 heterocycles. The lowest BCUT2D eigenvalue weighted by atomic mass is 10.3. The molecule has 2 rings (SSSR count). The van der Waals surface area contributed by atoms with Crippen molar-refractivity contribution in [1.29, 1.82) is 0 Å². The van der Waals surface area contributed by atoms with Crippen molar-refractivity contribution < 1.29 is 12.9 Å². The molecule has 0 radical (unpaired) electrons. The quantitative estimate of drug-likeness (QED) is 0.857. The first-order valence-electron chi connectivity index (χ1n) is 6.69. The highest BCUT2D eigenvalue weighted by atomic mass is 32.2. The standard InChI is InChI=1S/C14H19N3O3S/c1-4-9-17(13-7-5-12(15)6-8-13)21(18,19)14-10(2)16-20-11(14)3/h5-8H,4,9,15H2,1-3H3. The minimum absolute atomic E-state index is 0.132. The maximum atomic E-state index is 12.9. The first-order valence-corrected chi connectivity index (χ1v) is 8.13. The number of nitrogen functional groups attached to an aromatic ring is 1. The number of aromatic nitrogens is 1.